The van der Waals surface area contributed by atoms with Crippen molar-refractivity contribution >= 4 is 25.5 Å². The second-order valence-corrected chi connectivity index (χ2v) is 6.75. The first-order chi connectivity index (χ1) is 7.24. The summed E-state index contributed by atoms with van der Waals surface area (Å²) in [5.74, 6) is 0. The molecule has 0 aliphatic carbocycles. The van der Waals surface area contributed by atoms with E-state index in [-0.39, 0.29) is 4.90 Å². The average Bonchev–Trinajstić information content (AvgIpc) is 2.16. The zero-order valence-electron chi connectivity index (χ0n) is 8.54. The van der Waals surface area contributed by atoms with Gasteiger partial charge in [-0.15, -0.1) is 0 Å². The summed E-state index contributed by atoms with van der Waals surface area (Å²) in [7, 11) is -6.82. The van der Waals surface area contributed by atoms with Gasteiger partial charge in [-0.1, -0.05) is 6.58 Å². The van der Waals surface area contributed by atoms with Crippen LogP contribution in [0, 0.1) is 0 Å². The van der Waals surface area contributed by atoms with E-state index in [4.69, 9.17) is 0 Å². The standard InChI is InChI=1S/C9H11NO4S2/c1-3-16(13,14)9-6-4-8(5-7-9)10-15(2,11)12/h3-7,10H,1H2,2H3. The molecule has 0 heterocycles. The number of hydrogen-bond acceptors (Lipinski definition) is 4. The second-order valence-electron chi connectivity index (χ2n) is 3.11. The van der Waals surface area contributed by atoms with E-state index in [9.17, 15) is 16.8 Å². The third-order valence-corrected chi connectivity index (χ3v) is 3.68. The Kier molecular flexibility index (Phi) is 3.39. The predicted octanol–water partition coefficient (Wildman–Crippen LogP) is 0.975. The number of hydrogen-bond donors (Lipinski definition) is 1. The van der Waals surface area contributed by atoms with Gasteiger partial charge < -0.3 is 0 Å². The Labute approximate surface area is 94.8 Å². The van der Waals surface area contributed by atoms with Crippen LogP contribution in [0.15, 0.2) is 41.1 Å². The summed E-state index contributed by atoms with van der Waals surface area (Å²) in [4.78, 5) is 0.0709. The van der Waals surface area contributed by atoms with Crippen molar-refractivity contribution in [2.45, 2.75) is 4.90 Å². The summed E-state index contributed by atoms with van der Waals surface area (Å²) in [5, 5.41) is 0.839. The van der Waals surface area contributed by atoms with Crippen LogP contribution in [-0.2, 0) is 19.9 Å². The van der Waals surface area contributed by atoms with Crippen LogP contribution in [0.5, 0.6) is 0 Å². The Morgan fingerprint density at radius 2 is 1.62 bits per heavy atom. The highest BCUT2D eigenvalue weighted by Crippen LogP contribution is 2.16. The summed E-state index contributed by atoms with van der Waals surface area (Å²) in [5.41, 5.74) is 0.311. The molecule has 0 fully saturated rings. The maximum Gasteiger partial charge on any atom is 0.229 e. The third-order valence-electron chi connectivity index (χ3n) is 1.71. The molecule has 1 aromatic carbocycles. The lowest BCUT2D eigenvalue weighted by Gasteiger charge is -2.04. The van der Waals surface area contributed by atoms with Gasteiger partial charge in [0.15, 0.2) is 9.84 Å². The van der Waals surface area contributed by atoms with E-state index in [2.05, 4.69) is 11.3 Å². The highest BCUT2D eigenvalue weighted by atomic mass is 32.2. The topological polar surface area (TPSA) is 80.3 Å². The molecule has 1 rings (SSSR count). The molecule has 0 saturated carbocycles. The smallest absolute Gasteiger partial charge is 0.229 e. The van der Waals surface area contributed by atoms with E-state index in [1.807, 2.05) is 0 Å². The molecule has 7 heteroatoms. The monoisotopic (exact) mass is 261 g/mol. The lowest BCUT2D eigenvalue weighted by atomic mass is 10.3. The summed E-state index contributed by atoms with van der Waals surface area (Å²) in [6.45, 7) is 3.19. The maximum atomic E-state index is 11.3. The lowest BCUT2D eigenvalue weighted by molar-refractivity contribution is 0.604. The molecule has 0 aliphatic heterocycles. The molecule has 0 bridgehead atoms. The van der Waals surface area contributed by atoms with Crippen LogP contribution < -0.4 is 4.72 Å². The van der Waals surface area contributed by atoms with Gasteiger partial charge in [0.2, 0.25) is 10.0 Å². The predicted molar refractivity (Wildman–Crippen MR) is 62.3 cm³/mol. The largest absolute Gasteiger partial charge is 0.284 e. The van der Waals surface area contributed by atoms with E-state index >= 15 is 0 Å². The molecule has 0 amide bonds. The van der Waals surface area contributed by atoms with Gasteiger partial charge in [-0.25, -0.2) is 16.8 Å². The maximum absolute atomic E-state index is 11.3. The van der Waals surface area contributed by atoms with Crippen molar-refractivity contribution in [3.8, 4) is 0 Å². The first-order valence-electron chi connectivity index (χ1n) is 4.20. The summed E-state index contributed by atoms with van der Waals surface area (Å²) >= 11 is 0. The van der Waals surface area contributed by atoms with Crippen molar-refractivity contribution in [3.63, 3.8) is 0 Å². The highest BCUT2D eigenvalue weighted by Gasteiger charge is 2.09. The fraction of sp³-hybridized carbons (Fsp3) is 0.111. The van der Waals surface area contributed by atoms with Gasteiger partial charge in [0, 0.05) is 11.1 Å². The van der Waals surface area contributed by atoms with Crippen LogP contribution in [0.25, 0.3) is 0 Å². The van der Waals surface area contributed by atoms with E-state index in [0.717, 1.165) is 11.7 Å². The first kappa shape index (κ1) is 12.7. The van der Waals surface area contributed by atoms with Crippen LogP contribution in [0.3, 0.4) is 0 Å². The second kappa shape index (κ2) is 4.26. The van der Waals surface area contributed by atoms with Gasteiger partial charge in [-0.05, 0) is 24.3 Å². The molecule has 0 aromatic heterocycles. The number of sulfone groups is 1. The van der Waals surface area contributed by atoms with Crippen LogP contribution in [-0.4, -0.2) is 23.1 Å². The Morgan fingerprint density at radius 1 is 1.12 bits per heavy atom. The summed E-state index contributed by atoms with van der Waals surface area (Å²) in [6, 6.07) is 5.36. The molecule has 1 N–H and O–H groups in total. The molecule has 88 valence electrons. The van der Waals surface area contributed by atoms with Gasteiger partial charge in [-0.3, -0.25) is 4.72 Å². The van der Waals surface area contributed by atoms with Gasteiger partial charge in [0.05, 0.1) is 11.2 Å². The highest BCUT2D eigenvalue weighted by molar-refractivity contribution is 7.94. The van der Waals surface area contributed by atoms with Crippen LogP contribution in [0.4, 0.5) is 5.69 Å². The Balaban J connectivity index is 3.06. The van der Waals surface area contributed by atoms with E-state index in [0.29, 0.717) is 5.69 Å². The van der Waals surface area contributed by atoms with Crippen LogP contribution in [0.2, 0.25) is 0 Å². The summed E-state index contributed by atoms with van der Waals surface area (Å²) < 4.78 is 46.7. The molecule has 0 spiro atoms. The molecule has 5 nitrogen and oxygen atoms in total. The molecule has 0 atom stereocenters. The van der Waals surface area contributed by atoms with Gasteiger partial charge in [0.25, 0.3) is 0 Å². The number of rotatable bonds is 4. The fourth-order valence-corrected chi connectivity index (χ4v) is 2.30. The average molecular weight is 261 g/mol. The number of sulfonamides is 1. The molecule has 0 radical (unpaired) electrons. The molecule has 0 aliphatic rings. The Morgan fingerprint density at radius 3 is 2.00 bits per heavy atom. The zero-order valence-corrected chi connectivity index (χ0v) is 10.2. The summed E-state index contributed by atoms with van der Waals surface area (Å²) in [6.07, 6.45) is 1.02. The molecule has 1 aromatic rings. The van der Waals surface area contributed by atoms with Crippen molar-refractivity contribution in [2.24, 2.45) is 0 Å². The number of benzene rings is 1. The molecule has 16 heavy (non-hydrogen) atoms. The van der Waals surface area contributed by atoms with E-state index in [1.54, 1.807) is 0 Å². The number of anilines is 1. The molecule has 0 saturated heterocycles. The fourth-order valence-electron chi connectivity index (χ4n) is 1.02. The molecular weight excluding hydrogens is 250 g/mol. The van der Waals surface area contributed by atoms with Crippen molar-refractivity contribution in [1.29, 1.82) is 0 Å². The van der Waals surface area contributed by atoms with Gasteiger partial charge in [0.1, 0.15) is 0 Å². The van der Waals surface area contributed by atoms with E-state index < -0.39 is 19.9 Å². The van der Waals surface area contributed by atoms with E-state index in [1.165, 1.54) is 24.3 Å². The Hall–Kier alpha value is -1.34. The number of nitrogens with one attached hydrogen (secondary N) is 1. The normalized spacial score (nSPS) is 12.1. The van der Waals surface area contributed by atoms with Crippen molar-refractivity contribution in [3.05, 3.63) is 36.3 Å². The zero-order chi connectivity index (χ0) is 12.4. The molecular formula is C9H11NO4S2. The Bertz CT molecular complexity index is 585. The first-order valence-corrected chi connectivity index (χ1v) is 7.64. The minimum Gasteiger partial charge on any atom is -0.284 e. The van der Waals surface area contributed by atoms with Crippen molar-refractivity contribution in [2.75, 3.05) is 11.0 Å². The minimum atomic E-state index is -3.47. The van der Waals surface area contributed by atoms with Crippen LogP contribution in [0.1, 0.15) is 0 Å². The quantitative estimate of drug-likeness (QED) is 0.876. The van der Waals surface area contributed by atoms with Crippen molar-refractivity contribution < 1.29 is 16.8 Å². The SMILES string of the molecule is C=CS(=O)(=O)c1ccc(NS(C)(=O)=O)cc1. The molecule has 0 unspecified atom stereocenters. The third kappa shape index (κ3) is 3.35. The van der Waals surface area contributed by atoms with Crippen molar-refractivity contribution in [1.82, 2.24) is 0 Å². The lowest BCUT2D eigenvalue weighted by Crippen LogP contribution is -2.09. The van der Waals surface area contributed by atoms with Gasteiger partial charge >= 0.3 is 0 Å². The van der Waals surface area contributed by atoms with Gasteiger partial charge in [-0.2, -0.15) is 0 Å². The van der Waals surface area contributed by atoms with Crippen LogP contribution >= 0.6 is 0 Å². The minimum absolute atomic E-state index is 0.0709.